The van der Waals surface area contributed by atoms with E-state index >= 15 is 0 Å². The number of hydrogen-bond acceptors (Lipinski definition) is 4. The number of benzene rings is 1. The molecular weight excluding hydrogens is 246 g/mol. The fourth-order valence-corrected chi connectivity index (χ4v) is 1.26. The number of carboxylic acid groups (broad SMARTS) is 1. The Morgan fingerprint density at radius 2 is 1.89 bits per heavy atom. The number of aliphatic carboxylic acids is 1. The molecule has 0 heterocycles. The third kappa shape index (κ3) is 4.67. The third-order valence-corrected chi connectivity index (χ3v) is 2.24. The summed E-state index contributed by atoms with van der Waals surface area (Å²) in [6, 6.07) is 6.27. The number of rotatable bonds is 5. The summed E-state index contributed by atoms with van der Waals surface area (Å²) in [5.41, 5.74) is 0.457. The number of aromatic hydroxyl groups is 1. The van der Waals surface area contributed by atoms with E-state index in [1.165, 1.54) is 24.3 Å². The fraction of sp³-hybridized carbons (Fsp3) is 0.143. The zero-order valence-corrected chi connectivity index (χ0v) is 10.4. The van der Waals surface area contributed by atoms with Crippen LogP contribution in [0.2, 0.25) is 0 Å². The summed E-state index contributed by atoms with van der Waals surface area (Å²) in [5, 5.41) is 27.7. The van der Waals surface area contributed by atoms with Crippen molar-refractivity contribution in [3.05, 3.63) is 47.2 Å². The summed E-state index contributed by atoms with van der Waals surface area (Å²) in [7, 11) is 0. The SMILES string of the molecule is CCN=CC(C(=O)O)=C(O)C=Cc1ccc(O)cc1. The zero-order valence-electron chi connectivity index (χ0n) is 10.4. The van der Waals surface area contributed by atoms with Gasteiger partial charge in [0.1, 0.15) is 17.1 Å². The maximum atomic E-state index is 10.9. The van der Waals surface area contributed by atoms with Crippen LogP contribution in [0.4, 0.5) is 0 Å². The number of phenolic OH excluding ortho intramolecular Hbond substituents is 1. The smallest absolute Gasteiger partial charge is 0.341 e. The number of aliphatic hydroxyl groups is 1. The molecule has 1 aromatic rings. The largest absolute Gasteiger partial charge is 0.508 e. The lowest BCUT2D eigenvalue weighted by Gasteiger charge is -1.98. The Labute approximate surface area is 110 Å². The van der Waals surface area contributed by atoms with Gasteiger partial charge in [0.05, 0.1) is 0 Å². The number of nitrogens with zero attached hydrogens (tertiary/aromatic N) is 1. The van der Waals surface area contributed by atoms with Crippen LogP contribution in [0.3, 0.4) is 0 Å². The number of phenols is 1. The molecule has 5 heteroatoms. The van der Waals surface area contributed by atoms with Gasteiger partial charge in [0, 0.05) is 12.8 Å². The van der Waals surface area contributed by atoms with E-state index < -0.39 is 5.97 Å². The number of aliphatic hydroxyl groups excluding tert-OH is 1. The number of allylic oxidation sites excluding steroid dienone is 1. The van der Waals surface area contributed by atoms with Crippen LogP contribution in [-0.2, 0) is 4.79 Å². The minimum absolute atomic E-state index is 0.137. The first-order chi connectivity index (χ1) is 9.04. The van der Waals surface area contributed by atoms with Crippen molar-refractivity contribution >= 4 is 18.3 Å². The van der Waals surface area contributed by atoms with Crippen LogP contribution in [0, 0.1) is 0 Å². The standard InChI is InChI=1S/C14H15NO4/c1-2-15-9-12(14(18)19)13(17)8-5-10-3-6-11(16)7-4-10/h3-9,16-17H,2H2,1H3,(H,18,19). The highest BCUT2D eigenvalue weighted by Crippen LogP contribution is 2.12. The van der Waals surface area contributed by atoms with Gasteiger partial charge in [-0.15, -0.1) is 0 Å². The summed E-state index contributed by atoms with van der Waals surface area (Å²) < 4.78 is 0. The maximum Gasteiger partial charge on any atom is 0.341 e. The van der Waals surface area contributed by atoms with E-state index in [0.717, 1.165) is 11.8 Å². The van der Waals surface area contributed by atoms with Gasteiger partial charge in [-0.05, 0) is 30.7 Å². The number of aliphatic imine (C=N–C) groups is 1. The molecule has 0 spiro atoms. The molecule has 0 amide bonds. The van der Waals surface area contributed by atoms with E-state index in [0.29, 0.717) is 6.54 Å². The predicted octanol–water partition coefficient (Wildman–Crippen LogP) is 2.39. The van der Waals surface area contributed by atoms with Crippen LogP contribution in [0.25, 0.3) is 6.08 Å². The summed E-state index contributed by atoms with van der Waals surface area (Å²) in [4.78, 5) is 14.7. The van der Waals surface area contributed by atoms with E-state index in [-0.39, 0.29) is 17.1 Å². The number of carbonyl (C=O) groups is 1. The Hall–Kier alpha value is -2.56. The molecule has 0 aromatic heterocycles. The van der Waals surface area contributed by atoms with Gasteiger partial charge in [0.25, 0.3) is 0 Å². The van der Waals surface area contributed by atoms with Crippen LogP contribution in [0.15, 0.2) is 46.7 Å². The lowest BCUT2D eigenvalue weighted by molar-refractivity contribution is -0.132. The average molecular weight is 261 g/mol. The van der Waals surface area contributed by atoms with Gasteiger partial charge in [-0.25, -0.2) is 4.79 Å². The molecule has 0 saturated heterocycles. The van der Waals surface area contributed by atoms with Crippen molar-refractivity contribution in [3.8, 4) is 5.75 Å². The second kappa shape index (κ2) is 7.00. The molecule has 3 N–H and O–H groups in total. The molecule has 5 nitrogen and oxygen atoms in total. The van der Waals surface area contributed by atoms with Crippen molar-refractivity contribution in [2.75, 3.05) is 6.54 Å². The molecule has 1 aromatic carbocycles. The van der Waals surface area contributed by atoms with Gasteiger partial charge in [0.2, 0.25) is 0 Å². The Bertz CT molecular complexity index is 527. The monoisotopic (exact) mass is 261 g/mol. The fourth-order valence-electron chi connectivity index (χ4n) is 1.26. The molecular formula is C14H15NO4. The highest BCUT2D eigenvalue weighted by atomic mass is 16.4. The molecule has 0 saturated carbocycles. The molecule has 0 fully saturated rings. The second-order valence-electron chi connectivity index (χ2n) is 3.66. The average Bonchev–Trinajstić information content (AvgIpc) is 2.38. The lowest BCUT2D eigenvalue weighted by atomic mass is 10.1. The van der Waals surface area contributed by atoms with Crippen LogP contribution in [0.1, 0.15) is 12.5 Å². The highest BCUT2D eigenvalue weighted by Gasteiger charge is 2.09. The predicted molar refractivity (Wildman–Crippen MR) is 73.5 cm³/mol. The Morgan fingerprint density at radius 1 is 1.26 bits per heavy atom. The summed E-state index contributed by atoms with van der Waals surface area (Å²) >= 11 is 0. The molecule has 0 radical (unpaired) electrons. The van der Waals surface area contributed by atoms with Gasteiger partial charge in [0.15, 0.2) is 0 Å². The van der Waals surface area contributed by atoms with Crippen molar-refractivity contribution in [2.24, 2.45) is 4.99 Å². The number of hydrogen-bond donors (Lipinski definition) is 3. The molecule has 0 bridgehead atoms. The van der Waals surface area contributed by atoms with Crippen molar-refractivity contribution < 1.29 is 20.1 Å². The first kappa shape index (κ1) is 14.5. The van der Waals surface area contributed by atoms with E-state index in [1.807, 2.05) is 0 Å². The Kier molecular flexibility index (Phi) is 5.35. The van der Waals surface area contributed by atoms with E-state index in [4.69, 9.17) is 10.2 Å². The van der Waals surface area contributed by atoms with E-state index in [1.54, 1.807) is 19.1 Å². The molecule has 0 aliphatic heterocycles. The van der Waals surface area contributed by atoms with Gasteiger partial charge in [-0.3, -0.25) is 4.99 Å². The quantitative estimate of drug-likeness (QED) is 0.328. The first-order valence-electron chi connectivity index (χ1n) is 5.68. The minimum Gasteiger partial charge on any atom is -0.508 e. The molecule has 1 rings (SSSR count). The normalized spacial score (nSPS) is 12.9. The van der Waals surface area contributed by atoms with Gasteiger partial charge in [-0.1, -0.05) is 18.2 Å². The lowest BCUT2D eigenvalue weighted by Crippen LogP contribution is -2.05. The minimum atomic E-state index is -1.25. The maximum absolute atomic E-state index is 10.9. The highest BCUT2D eigenvalue weighted by molar-refractivity contribution is 6.09. The van der Waals surface area contributed by atoms with Crippen LogP contribution >= 0.6 is 0 Å². The molecule has 0 aliphatic rings. The Balaban J connectivity index is 2.96. The van der Waals surface area contributed by atoms with Crippen molar-refractivity contribution in [3.63, 3.8) is 0 Å². The molecule has 0 aliphatic carbocycles. The topological polar surface area (TPSA) is 90.1 Å². The first-order valence-corrected chi connectivity index (χ1v) is 5.68. The van der Waals surface area contributed by atoms with Crippen LogP contribution in [-0.4, -0.2) is 34.0 Å². The van der Waals surface area contributed by atoms with Crippen LogP contribution < -0.4 is 0 Å². The van der Waals surface area contributed by atoms with E-state index in [2.05, 4.69) is 4.99 Å². The Morgan fingerprint density at radius 3 is 2.42 bits per heavy atom. The molecule has 0 atom stereocenters. The van der Waals surface area contributed by atoms with Gasteiger partial charge >= 0.3 is 5.97 Å². The van der Waals surface area contributed by atoms with Gasteiger partial charge < -0.3 is 15.3 Å². The van der Waals surface area contributed by atoms with Gasteiger partial charge in [-0.2, -0.15) is 0 Å². The van der Waals surface area contributed by atoms with E-state index in [9.17, 15) is 9.90 Å². The molecule has 19 heavy (non-hydrogen) atoms. The molecule has 0 unspecified atom stereocenters. The third-order valence-electron chi connectivity index (χ3n) is 2.24. The van der Waals surface area contributed by atoms with Crippen molar-refractivity contribution in [1.29, 1.82) is 0 Å². The molecule has 100 valence electrons. The summed E-state index contributed by atoms with van der Waals surface area (Å²) in [6.07, 6.45) is 3.94. The van der Waals surface area contributed by atoms with Crippen molar-refractivity contribution in [1.82, 2.24) is 0 Å². The summed E-state index contributed by atoms with van der Waals surface area (Å²) in [6.45, 7) is 2.20. The van der Waals surface area contributed by atoms with Crippen molar-refractivity contribution in [2.45, 2.75) is 6.92 Å². The second-order valence-corrected chi connectivity index (χ2v) is 3.66. The van der Waals surface area contributed by atoms with Crippen LogP contribution in [0.5, 0.6) is 5.75 Å². The summed E-state index contributed by atoms with van der Waals surface area (Å²) in [5.74, 6) is -1.49. The number of carboxylic acids is 1. The zero-order chi connectivity index (χ0) is 14.3.